The van der Waals surface area contributed by atoms with Gasteiger partial charge in [0.1, 0.15) is 0 Å². The lowest BCUT2D eigenvalue weighted by molar-refractivity contribution is 0.643. The second kappa shape index (κ2) is 5.79. The third-order valence-corrected chi connectivity index (χ3v) is 3.48. The highest BCUT2D eigenvalue weighted by atomic mass is 127. The summed E-state index contributed by atoms with van der Waals surface area (Å²) in [6, 6.07) is 0. The Morgan fingerprint density at radius 3 is 2.78 bits per heavy atom. The fourth-order valence-electron chi connectivity index (χ4n) is 1.33. The molecule has 0 aliphatic carbocycles. The van der Waals surface area contributed by atoms with Gasteiger partial charge in [0.25, 0.3) is 0 Å². The first-order valence-corrected chi connectivity index (χ1v) is 7.48. The highest BCUT2D eigenvalue weighted by molar-refractivity contribution is 14.1. The fourth-order valence-corrected chi connectivity index (χ4v) is 2.22. The van der Waals surface area contributed by atoms with Gasteiger partial charge in [0.2, 0.25) is 0 Å². The largest absolute Gasteiger partial charge is 0.369 e. The number of hydrogen-bond donors (Lipinski definition) is 0. The topological polar surface area (TPSA) is 54.3 Å². The molecule has 18 heavy (non-hydrogen) atoms. The molecule has 2 aromatic heterocycles. The SMILES string of the molecule is CSc1ncc2c(N=CN(C)C)ncc(I)c2n1. The molecule has 94 valence electrons. The first-order chi connectivity index (χ1) is 8.61. The van der Waals surface area contributed by atoms with E-state index in [-0.39, 0.29) is 0 Å². The van der Waals surface area contributed by atoms with Gasteiger partial charge in [-0.2, -0.15) is 0 Å². The molecule has 0 saturated carbocycles. The zero-order valence-corrected chi connectivity index (χ0v) is 13.2. The highest BCUT2D eigenvalue weighted by Crippen LogP contribution is 2.26. The van der Waals surface area contributed by atoms with E-state index in [1.54, 1.807) is 18.7 Å². The van der Waals surface area contributed by atoms with E-state index < -0.39 is 0 Å². The number of hydrogen-bond acceptors (Lipinski definition) is 5. The molecule has 0 unspecified atom stereocenters. The standard InChI is InChI=1S/C11H12IN5S/c1-17(2)6-15-10-7-4-14-11(18-3)16-9(7)8(12)5-13-10/h4-6H,1-3H3. The molecule has 0 aliphatic rings. The van der Waals surface area contributed by atoms with E-state index in [9.17, 15) is 0 Å². The average molecular weight is 373 g/mol. The zero-order chi connectivity index (χ0) is 13.1. The number of thioether (sulfide) groups is 1. The molecule has 0 radical (unpaired) electrons. The Hall–Kier alpha value is -0.960. The maximum Gasteiger partial charge on any atom is 0.187 e. The molecule has 2 heterocycles. The Balaban J connectivity index is 2.59. The molecular weight excluding hydrogens is 361 g/mol. The molecule has 0 aromatic carbocycles. The van der Waals surface area contributed by atoms with Crippen LogP contribution in [-0.4, -0.2) is 46.5 Å². The van der Waals surface area contributed by atoms with Crippen molar-refractivity contribution in [2.75, 3.05) is 20.4 Å². The van der Waals surface area contributed by atoms with Crippen LogP contribution < -0.4 is 0 Å². The minimum absolute atomic E-state index is 0.645. The van der Waals surface area contributed by atoms with Crippen molar-refractivity contribution >= 4 is 57.4 Å². The summed E-state index contributed by atoms with van der Waals surface area (Å²) in [7, 11) is 3.83. The van der Waals surface area contributed by atoms with Crippen molar-refractivity contribution in [3.05, 3.63) is 16.0 Å². The van der Waals surface area contributed by atoms with Crippen LogP contribution in [0.15, 0.2) is 22.5 Å². The first kappa shape index (κ1) is 13.5. The zero-order valence-electron chi connectivity index (χ0n) is 10.3. The smallest absolute Gasteiger partial charge is 0.187 e. The highest BCUT2D eigenvalue weighted by Gasteiger charge is 2.08. The Morgan fingerprint density at radius 2 is 2.11 bits per heavy atom. The van der Waals surface area contributed by atoms with E-state index in [0.717, 1.165) is 19.6 Å². The molecule has 0 saturated heterocycles. The predicted molar refractivity (Wildman–Crippen MR) is 83.7 cm³/mol. The summed E-state index contributed by atoms with van der Waals surface area (Å²) in [5.74, 6) is 0.645. The Morgan fingerprint density at radius 1 is 1.33 bits per heavy atom. The number of nitrogens with zero attached hydrogens (tertiary/aromatic N) is 5. The van der Waals surface area contributed by atoms with E-state index in [0.29, 0.717) is 5.82 Å². The summed E-state index contributed by atoms with van der Waals surface area (Å²) in [5.41, 5.74) is 0.899. The minimum atomic E-state index is 0.645. The lowest BCUT2D eigenvalue weighted by atomic mass is 10.3. The summed E-state index contributed by atoms with van der Waals surface area (Å²) in [6.45, 7) is 0. The molecule has 0 aliphatic heterocycles. The van der Waals surface area contributed by atoms with E-state index in [1.807, 2.05) is 25.3 Å². The molecule has 2 rings (SSSR count). The van der Waals surface area contributed by atoms with E-state index in [1.165, 1.54) is 11.8 Å². The van der Waals surface area contributed by atoms with E-state index in [2.05, 4.69) is 42.5 Å². The number of fused-ring (bicyclic) bond motifs is 1. The number of aromatic nitrogens is 3. The molecule has 2 aromatic rings. The summed E-state index contributed by atoms with van der Waals surface area (Å²) >= 11 is 3.75. The van der Waals surface area contributed by atoms with Crippen molar-refractivity contribution in [2.45, 2.75) is 5.16 Å². The third kappa shape index (κ3) is 2.89. The number of pyridine rings is 1. The maximum atomic E-state index is 4.50. The van der Waals surface area contributed by atoms with E-state index >= 15 is 0 Å². The Kier molecular flexibility index (Phi) is 4.33. The lowest BCUT2D eigenvalue weighted by Gasteiger charge is -2.05. The van der Waals surface area contributed by atoms with Crippen molar-refractivity contribution in [1.82, 2.24) is 19.9 Å². The van der Waals surface area contributed by atoms with Gasteiger partial charge in [-0.3, -0.25) is 0 Å². The van der Waals surface area contributed by atoms with Gasteiger partial charge >= 0.3 is 0 Å². The molecule has 0 amide bonds. The normalized spacial score (nSPS) is 11.3. The number of halogens is 1. The molecule has 5 nitrogen and oxygen atoms in total. The summed E-state index contributed by atoms with van der Waals surface area (Å²) < 4.78 is 1.00. The van der Waals surface area contributed by atoms with Gasteiger partial charge < -0.3 is 4.90 Å². The maximum absolute atomic E-state index is 4.50. The van der Waals surface area contributed by atoms with Gasteiger partial charge in [-0.05, 0) is 28.8 Å². The molecule has 0 spiro atoms. The molecule has 0 atom stereocenters. The molecule has 0 N–H and O–H groups in total. The van der Waals surface area contributed by atoms with Crippen LogP contribution in [0.4, 0.5) is 5.82 Å². The Labute approximate surface area is 123 Å². The van der Waals surface area contributed by atoms with Gasteiger partial charge in [0.05, 0.1) is 20.8 Å². The Bertz CT molecular complexity index is 599. The molecule has 7 heteroatoms. The van der Waals surface area contributed by atoms with Gasteiger partial charge in [0.15, 0.2) is 11.0 Å². The molecule has 0 bridgehead atoms. The molecule has 0 fully saturated rings. The van der Waals surface area contributed by atoms with Crippen LogP contribution in [-0.2, 0) is 0 Å². The van der Waals surface area contributed by atoms with Crippen LogP contribution in [0.2, 0.25) is 0 Å². The van der Waals surface area contributed by atoms with Crippen molar-refractivity contribution in [1.29, 1.82) is 0 Å². The van der Waals surface area contributed by atoms with Crippen molar-refractivity contribution in [2.24, 2.45) is 4.99 Å². The third-order valence-electron chi connectivity index (χ3n) is 2.13. The van der Waals surface area contributed by atoms with Crippen LogP contribution >= 0.6 is 34.4 Å². The van der Waals surface area contributed by atoms with Crippen molar-refractivity contribution < 1.29 is 0 Å². The monoisotopic (exact) mass is 373 g/mol. The van der Waals surface area contributed by atoms with Crippen LogP contribution in [0.3, 0.4) is 0 Å². The van der Waals surface area contributed by atoms with Gasteiger partial charge in [-0.15, -0.1) is 0 Å². The van der Waals surface area contributed by atoms with Crippen LogP contribution in [0, 0.1) is 3.57 Å². The van der Waals surface area contributed by atoms with Gasteiger partial charge in [0, 0.05) is 26.5 Å². The second-order valence-electron chi connectivity index (χ2n) is 3.76. The van der Waals surface area contributed by atoms with Gasteiger partial charge in [-0.1, -0.05) is 11.8 Å². The second-order valence-corrected chi connectivity index (χ2v) is 5.69. The number of aliphatic imine (C=N–C) groups is 1. The van der Waals surface area contributed by atoms with Crippen LogP contribution in [0.5, 0.6) is 0 Å². The van der Waals surface area contributed by atoms with Crippen molar-refractivity contribution in [3.63, 3.8) is 0 Å². The summed E-state index contributed by atoms with van der Waals surface area (Å²) in [6.07, 6.45) is 7.24. The quantitative estimate of drug-likeness (QED) is 0.272. The summed E-state index contributed by atoms with van der Waals surface area (Å²) in [4.78, 5) is 19.3. The fraction of sp³-hybridized carbons (Fsp3) is 0.273. The average Bonchev–Trinajstić information content (AvgIpc) is 2.37. The van der Waals surface area contributed by atoms with Crippen molar-refractivity contribution in [3.8, 4) is 0 Å². The minimum Gasteiger partial charge on any atom is -0.369 e. The first-order valence-electron chi connectivity index (χ1n) is 5.17. The van der Waals surface area contributed by atoms with E-state index in [4.69, 9.17) is 0 Å². The number of rotatable bonds is 3. The predicted octanol–water partition coefficient (Wildman–Crippen LogP) is 2.57. The summed E-state index contributed by atoms with van der Waals surface area (Å²) in [5, 5.41) is 1.63. The van der Waals surface area contributed by atoms with Gasteiger partial charge in [-0.25, -0.2) is 19.9 Å². The van der Waals surface area contributed by atoms with Crippen LogP contribution in [0.1, 0.15) is 0 Å². The molecular formula is C11H12IN5S. The lowest BCUT2D eigenvalue weighted by Crippen LogP contribution is -2.07. The van der Waals surface area contributed by atoms with Crippen LogP contribution in [0.25, 0.3) is 10.9 Å².